The van der Waals surface area contributed by atoms with Gasteiger partial charge in [0.05, 0.1) is 6.10 Å². The van der Waals surface area contributed by atoms with Crippen LogP contribution in [0.1, 0.15) is 23.2 Å². The molecule has 0 aliphatic carbocycles. The summed E-state index contributed by atoms with van der Waals surface area (Å²) in [6.45, 7) is 2.14. The quantitative estimate of drug-likeness (QED) is 0.770. The Labute approximate surface area is 95.0 Å². The van der Waals surface area contributed by atoms with E-state index in [-0.39, 0.29) is 18.5 Å². The lowest BCUT2D eigenvalue weighted by Crippen LogP contribution is -2.33. The SMILES string of the molecule is O=C(COC1CCNCC1)c1ccncc1. The second-order valence-corrected chi connectivity index (χ2v) is 3.92. The lowest BCUT2D eigenvalue weighted by molar-refractivity contribution is 0.0317. The summed E-state index contributed by atoms with van der Waals surface area (Å²) in [6.07, 6.45) is 5.45. The van der Waals surface area contributed by atoms with Gasteiger partial charge in [0.25, 0.3) is 0 Å². The van der Waals surface area contributed by atoms with Gasteiger partial charge in [0.2, 0.25) is 0 Å². The van der Waals surface area contributed by atoms with Crippen molar-refractivity contribution in [2.75, 3.05) is 19.7 Å². The molecule has 1 aromatic heterocycles. The molecule has 0 saturated carbocycles. The van der Waals surface area contributed by atoms with Crippen LogP contribution in [0.5, 0.6) is 0 Å². The maximum atomic E-state index is 11.7. The standard InChI is InChI=1S/C12H16N2O2/c15-12(10-1-5-13-6-2-10)9-16-11-3-7-14-8-4-11/h1-2,5-6,11,14H,3-4,7-9H2. The summed E-state index contributed by atoms with van der Waals surface area (Å²) in [4.78, 5) is 15.6. The molecule has 86 valence electrons. The number of carbonyl (C=O) groups excluding carboxylic acids is 1. The van der Waals surface area contributed by atoms with E-state index in [4.69, 9.17) is 4.74 Å². The summed E-state index contributed by atoms with van der Waals surface area (Å²) >= 11 is 0. The van der Waals surface area contributed by atoms with Gasteiger partial charge in [-0.05, 0) is 38.1 Å². The second kappa shape index (κ2) is 5.72. The first-order chi connectivity index (χ1) is 7.86. The fourth-order valence-electron chi connectivity index (χ4n) is 1.78. The van der Waals surface area contributed by atoms with Crippen molar-refractivity contribution in [3.05, 3.63) is 30.1 Å². The molecule has 0 spiro atoms. The van der Waals surface area contributed by atoms with Crippen molar-refractivity contribution in [2.45, 2.75) is 18.9 Å². The van der Waals surface area contributed by atoms with E-state index < -0.39 is 0 Å². The summed E-state index contributed by atoms with van der Waals surface area (Å²) in [5.74, 6) is 0.0286. The molecule has 1 N–H and O–H groups in total. The van der Waals surface area contributed by atoms with E-state index in [1.165, 1.54) is 0 Å². The van der Waals surface area contributed by atoms with Crippen LogP contribution in [0.2, 0.25) is 0 Å². The van der Waals surface area contributed by atoms with Crippen molar-refractivity contribution in [3.63, 3.8) is 0 Å². The van der Waals surface area contributed by atoms with Crippen LogP contribution in [0.25, 0.3) is 0 Å². The van der Waals surface area contributed by atoms with Crippen LogP contribution in [0.3, 0.4) is 0 Å². The first kappa shape index (κ1) is 11.2. The number of carbonyl (C=O) groups is 1. The zero-order chi connectivity index (χ0) is 11.2. The van der Waals surface area contributed by atoms with Crippen molar-refractivity contribution in [1.29, 1.82) is 0 Å². The summed E-state index contributed by atoms with van der Waals surface area (Å²) in [7, 11) is 0. The highest BCUT2D eigenvalue weighted by atomic mass is 16.5. The van der Waals surface area contributed by atoms with Crippen molar-refractivity contribution in [2.24, 2.45) is 0 Å². The van der Waals surface area contributed by atoms with Gasteiger partial charge in [-0.1, -0.05) is 0 Å². The molecule has 16 heavy (non-hydrogen) atoms. The Hall–Kier alpha value is -1.26. The lowest BCUT2D eigenvalue weighted by atomic mass is 10.1. The van der Waals surface area contributed by atoms with Crippen molar-refractivity contribution < 1.29 is 9.53 Å². The van der Waals surface area contributed by atoms with Gasteiger partial charge in [-0.2, -0.15) is 0 Å². The number of nitrogens with one attached hydrogen (secondary N) is 1. The average molecular weight is 220 g/mol. The number of ether oxygens (including phenoxy) is 1. The summed E-state index contributed by atoms with van der Waals surface area (Å²) in [5.41, 5.74) is 0.670. The molecule has 0 bridgehead atoms. The first-order valence-corrected chi connectivity index (χ1v) is 5.62. The summed E-state index contributed by atoms with van der Waals surface area (Å²) in [6, 6.07) is 3.43. The van der Waals surface area contributed by atoms with Crippen LogP contribution in [-0.2, 0) is 4.74 Å². The van der Waals surface area contributed by atoms with Crippen LogP contribution in [0.4, 0.5) is 0 Å². The van der Waals surface area contributed by atoms with Gasteiger partial charge in [-0.15, -0.1) is 0 Å². The van der Waals surface area contributed by atoms with Gasteiger partial charge >= 0.3 is 0 Å². The number of piperidine rings is 1. The Morgan fingerprint density at radius 3 is 2.75 bits per heavy atom. The third-order valence-electron chi connectivity index (χ3n) is 2.74. The lowest BCUT2D eigenvalue weighted by Gasteiger charge is -2.22. The number of Topliss-reactive ketones (excluding diaryl/α,β-unsaturated/α-hetero) is 1. The Morgan fingerprint density at radius 1 is 1.38 bits per heavy atom. The Morgan fingerprint density at radius 2 is 2.06 bits per heavy atom. The van der Waals surface area contributed by atoms with Gasteiger partial charge in [0.15, 0.2) is 5.78 Å². The number of hydrogen-bond acceptors (Lipinski definition) is 4. The fourth-order valence-corrected chi connectivity index (χ4v) is 1.78. The van der Waals surface area contributed by atoms with Gasteiger partial charge in [-0.3, -0.25) is 9.78 Å². The number of aromatic nitrogens is 1. The molecule has 1 fully saturated rings. The molecule has 1 aliphatic heterocycles. The minimum atomic E-state index is 0.0286. The number of hydrogen-bond donors (Lipinski definition) is 1. The van der Waals surface area contributed by atoms with Gasteiger partial charge < -0.3 is 10.1 Å². The van der Waals surface area contributed by atoms with E-state index in [9.17, 15) is 4.79 Å². The van der Waals surface area contributed by atoms with Crippen molar-refractivity contribution in [1.82, 2.24) is 10.3 Å². The van der Waals surface area contributed by atoms with Crippen LogP contribution >= 0.6 is 0 Å². The molecule has 4 nitrogen and oxygen atoms in total. The molecule has 4 heteroatoms. The predicted molar refractivity (Wildman–Crippen MR) is 60.4 cm³/mol. The smallest absolute Gasteiger partial charge is 0.188 e. The molecule has 0 amide bonds. The normalized spacial score (nSPS) is 17.2. The second-order valence-electron chi connectivity index (χ2n) is 3.92. The zero-order valence-electron chi connectivity index (χ0n) is 9.19. The molecular weight excluding hydrogens is 204 g/mol. The van der Waals surface area contributed by atoms with Gasteiger partial charge in [-0.25, -0.2) is 0 Å². The highest BCUT2D eigenvalue weighted by Gasteiger charge is 2.15. The fraction of sp³-hybridized carbons (Fsp3) is 0.500. The van der Waals surface area contributed by atoms with Crippen LogP contribution in [0, 0.1) is 0 Å². The molecule has 1 saturated heterocycles. The average Bonchev–Trinajstić information content (AvgIpc) is 2.38. The molecule has 2 heterocycles. The van der Waals surface area contributed by atoms with E-state index in [0.717, 1.165) is 25.9 Å². The van der Waals surface area contributed by atoms with Crippen LogP contribution in [0.15, 0.2) is 24.5 Å². The Bertz CT molecular complexity index is 334. The Balaban J connectivity index is 1.79. The molecule has 2 rings (SSSR count). The zero-order valence-corrected chi connectivity index (χ0v) is 9.19. The topological polar surface area (TPSA) is 51.2 Å². The molecule has 0 unspecified atom stereocenters. The maximum Gasteiger partial charge on any atom is 0.188 e. The van der Waals surface area contributed by atoms with Gasteiger partial charge in [0.1, 0.15) is 6.61 Å². The highest BCUT2D eigenvalue weighted by Crippen LogP contribution is 2.08. The van der Waals surface area contributed by atoms with E-state index in [2.05, 4.69) is 10.3 Å². The van der Waals surface area contributed by atoms with E-state index in [0.29, 0.717) is 5.56 Å². The number of nitrogens with zero attached hydrogens (tertiary/aromatic N) is 1. The number of ketones is 1. The minimum absolute atomic E-state index is 0.0286. The summed E-state index contributed by atoms with van der Waals surface area (Å²) < 4.78 is 5.59. The van der Waals surface area contributed by atoms with E-state index >= 15 is 0 Å². The van der Waals surface area contributed by atoms with Gasteiger partial charge in [0, 0.05) is 18.0 Å². The molecule has 0 atom stereocenters. The molecule has 0 radical (unpaired) electrons. The molecular formula is C12H16N2O2. The maximum absolute atomic E-state index is 11.7. The Kier molecular flexibility index (Phi) is 4.02. The third-order valence-corrected chi connectivity index (χ3v) is 2.74. The molecule has 0 aromatic carbocycles. The number of pyridine rings is 1. The largest absolute Gasteiger partial charge is 0.370 e. The van der Waals surface area contributed by atoms with Crippen LogP contribution in [-0.4, -0.2) is 36.6 Å². The van der Waals surface area contributed by atoms with E-state index in [1.807, 2.05) is 0 Å². The number of rotatable bonds is 4. The summed E-state index contributed by atoms with van der Waals surface area (Å²) in [5, 5.41) is 3.26. The van der Waals surface area contributed by atoms with Crippen LogP contribution < -0.4 is 5.32 Å². The monoisotopic (exact) mass is 220 g/mol. The van der Waals surface area contributed by atoms with E-state index in [1.54, 1.807) is 24.5 Å². The van der Waals surface area contributed by atoms with Crippen molar-refractivity contribution >= 4 is 5.78 Å². The first-order valence-electron chi connectivity index (χ1n) is 5.62. The highest BCUT2D eigenvalue weighted by molar-refractivity contribution is 5.96. The molecule has 1 aliphatic rings. The molecule has 1 aromatic rings. The third kappa shape index (κ3) is 3.12. The predicted octanol–water partition coefficient (Wildman–Crippen LogP) is 1.03. The minimum Gasteiger partial charge on any atom is -0.370 e. The van der Waals surface area contributed by atoms with Crippen molar-refractivity contribution in [3.8, 4) is 0 Å².